The number of pyridine rings is 1. The summed E-state index contributed by atoms with van der Waals surface area (Å²) >= 11 is 0. The van der Waals surface area contributed by atoms with Crippen molar-refractivity contribution in [1.29, 1.82) is 0 Å². The van der Waals surface area contributed by atoms with E-state index in [1.54, 1.807) is 12.1 Å². The van der Waals surface area contributed by atoms with Crippen molar-refractivity contribution in [3.8, 4) is 22.6 Å². The fourth-order valence-corrected chi connectivity index (χ4v) is 3.59. The minimum Gasteiger partial charge on any atom is -0.394 e. The molecular formula is C24H23FN4O2. The minimum absolute atomic E-state index is 0.0301. The van der Waals surface area contributed by atoms with Gasteiger partial charge in [-0.1, -0.05) is 0 Å². The molecule has 3 N–H and O–H groups in total. The predicted octanol–water partition coefficient (Wildman–Crippen LogP) is 4.20. The van der Waals surface area contributed by atoms with Crippen LogP contribution in [0.4, 0.5) is 10.1 Å². The van der Waals surface area contributed by atoms with Crippen LogP contribution in [0.25, 0.3) is 33.7 Å². The number of anilines is 1. The number of aliphatic hydroxyl groups is 1. The van der Waals surface area contributed by atoms with Crippen LogP contribution >= 0.6 is 0 Å². The predicted molar refractivity (Wildman–Crippen MR) is 121 cm³/mol. The zero-order chi connectivity index (χ0) is 22.1. The van der Waals surface area contributed by atoms with Crippen LogP contribution in [0.5, 0.6) is 0 Å². The molecule has 158 valence electrons. The Morgan fingerprint density at radius 3 is 2.48 bits per heavy atom. The molecule has 31 heavy (non-hydrogen) atoms. The summed E-state index contributed by atoms with van der Waals surface area (Å²) in [5, 5.41) is 13.2. The van der Waals surface area contributed by atoms with E-state index in [1.165, 1.54) is 18.2 Å². The van der Waals surface area contributed by atoms with Crippen molar-refractivity contribution in [2.75, 3.05) is 11.9 Å². The molecule has 0 aliphatic heterocycles. The maximum absolute atomic E-state index is 13.7. The average Bonchev–Trinajstić information content (AvgIpc) is 2.73. The van der Waals surface area contributed by atoms with Gasteiger partial charge in [-0.15, -0.1) is 0 Å². The quantitative estimate of drug-likeness (QED) is 0.452. The first-order valence-electron chi connectivity index (χ1n) is 10.0. The number of hydrogen-bond donors (Lipinski definition) is 3. The number of hydrogen-bond acceptors (Lipinski definition) is 5. The Hall–Kier alpha value is -3.58. The van der Waals surface area contributed by atoms with Crippen molar-refractivity contribution in [2.45, 2.75) is 26.8 Å². The summed E-state index contributed by atoms with van der Waals surface area (Å²) in [6.45, 7) is 5.70. The zero-order valence-electron chi connectivity index (χ0n) is 17.5. The molecule has 0 aliphatic carbocycles. The first-order chi connectivity index (χ1) is 14.9. The van der Waals surface area contributed by atoms with Gasteiger partial charge in [0.05, 0.1) is 12.3 Å². The Balaban J connectivity index is 1.91. The largest absolute Gasteiger partial charge is 0.394 e. The van der Waals surface area contributed by atoms with E-state index in [1.807, 2.05) is 39.0 Å². The van der Waals surface area contributed by atoms with E-state index >= 15 is 0 Å². The van der Waals surface area contributed by atoms with Crippen LogP contribution in [0.1, 0.15) is 18.1 Å². The molecule has 0 unspecified atom stereocenters. The molecule has 0 aliphatic rings. The third-order valence-corrected chi connectivity index (χ3v) is 5.19. The number of aromatic nitrogens is 3. The van der Waals surface area contributed by atoms with Gasteiger partial charge in [-0.3, -0.25) is 4.79 Å². The summed E-state index contributed by atoms with van der Waals surface area (Å²) in [4.78, 5) is 24.1. The number of aromatic amines is 1. The molecule has 0 amide bonds. The number of nitrogens with zero attached hydrogens (tertiary/aromatic N) is 2. The molecule has 4 aromatic rings. The van der Waals surface area contributed by atoms with E-state index < -0.39 is 0 Å². The van der Waals surface area contributed by atoms with Gasteiger partial charge in [-0.2, -0.15) is 0 Å². The van der Waals surface area contributed by atoms with Crippen LogP contribution in [0.3, 0.4) is 0 Å². The highest BCUT2D eigenvalue weighted by Gasteiger charge is 2.15. The molecule has 0 spiro atoms. The Morgan fingerprint density at radius 1 is 1.03 bits per heavy atom. The molecule has 2 heterocycles. The van der Waals surface area contributed by atoms with E-state index in [9.17, 15) is 14.3 Å². The summed E-state index contributed by atoms with van der Waals surface area (Å²) in [7, 11) is 0. The van der Waals surface area contributed by atoms with Gasteiger partial charge in [0.1, 0.15) is 11.5 Å². The molecule has 7 heteroatoms. The Bertz CT molecular complexity index is 1330. The lowest BCUT2D eigenvalue weighted by molar-refractivity contribution is 0.281. The molecule has 0 bridgehead atoms. The first kappa shape index (κ1) is 20.7. The van der Waals surface area contributed by atoms with Crippen LogP contribution in [0.2, 0.25) is 0 Å². The van der Waals surface area contributed by atoms with E-state index in [4.69, 9.17) is 4.98 Å². The summed E-state index contributed by atoms with van der Waals surface area (Å²) in [6.07, 6.45) is 0. The first-order valence-corrected chi connectivity index (χ1v) is 10.0. The standard InChI is InChI=1S/C24H23FN4O2/c1-13-10-16(25)4-6-18(13)22-20-8-9-21(31)27-24(20)29-23(28-22)19-7-5-17(11-14(19)2)26-15(3)12-30/h4-11,15,26,30H,12H2,1-3H3,(H,27,28,29,31)/t15-/m1/s1. The van der Waals surface area contributed by atoms with Gasteiger partial charge in [0.15, 0.2) is 5.82 Å². The van der Waals surface area contributed by atoms with Crippen LogP contribution in [0, 0.1) is 19.7 Å². The van der Waals surface area contributed by atoms with Crippen molar-refractivity contribution in [2.24, 2.45) is 0 Å². The van der Waals surface area contributed by atoms with E-state index in [0.717, 1.165) is 27.9 Å². The summed E-state index contributed by atoms with van der Waals surface area (Å²) < 4.78 is 13.7. The van der Waals surface area contributed by atoms with Crippen molar-refractivity contribution in [3.05, 3.63) is 75.8 Å². The number of halogens is 1. The molecule has 0 saturated heterocycles. The molecule has 0 fully saturated rings. The lowest BCUT2D eigenvalue weighted by Gasteiger charge is -2.15. The molecule has 6 nitrogen and oxygen atoms in total. The summed E-state index contributed by atoms with van der Waals surface area (Å²) in [5.41, 5.74) is 4.95. The van der Waals surface area contributed by atoms with Gasteiger partial charge in [-0.25, -0.2) is 14.4 Å². The van der Waals surface area contributed by atoms with Crippen LogP contribution in [-0.4, -0.2) is 32.7 Å². The van der Waals surface area contributed by atoms with Gasteiger partial charge in [-0.05, 0) is 74.4 Å². The number of H-pyrrole nitrogens is 1. The molecule has 1 atom stereocenters. The lowest BCUT2D eigenvalue weighted by atomic mass is 10.0. The maximum atomic E-state index is 13.7. The SMILES string of the molecule is Cc1cc(N[C@H](C)CO)ccc1-c1nc(-c2ccc(F)cc2C)c2ccc(=O)[nH]c2n1. The van der Waals surface area contributed by atoms with Crippen LogP contribution in [-0.2, 0) is 0 Å². The number of fused-ring (bicyclic) bond motifs is 1. The highest BCUT2D eigenvalue weighted by atomic mass is 19.1. The van der Waals surface area contributed by atoms with Gasteiger partial charge in [0.2, 0.25) is 5.56 Å². The van der Waals surface area contributed by atoms with Crippen molar-refractivity contribution in [3.63, 3.8) is 0 Å². The number of aryl methyl sites for hydroxylation is 2. The molecular weight excluding hydrogens is 395 g/mol. The zero-order valence-corrected chi connectivity index (χ0v) is 17.5. The third-order valence-electron chi connectivity index (χ3n) is 5.19. The number of benzene rings is 2. The molecule has 2 aromatic heterocycles. The van der Waals surface area contributed by atoms with Crippen molar-refractivity contribution >= 4 is 16.7 Å². The minimum atomic E-state index is -0.315. The van der Waals surface area contributed by atoms with E-state index in [-0.39, 0.29) is 24.0 Å². The number of rotatable bonds is 5. The summed E-state index contributed by atoms with van der Waals surface area (Å²) in [5.74, 6) is 0.150. The van der Waals surface area contributed by atoms with Crippen LogP contribution in [0.15, 0.2) is 53.3 Å². The van der Waals surface area contributed by atoms with Crippen molar-refractivity contribution in [1.82, 2.24) is 15.0 Å². The Morgan fingerprint density at radius 2 is 1.77 bits per heavy atom. The second kappa shape index (κ2) is 8.28. The summed E-state index contributed by atoms with van der Waals surface area (Å²) in [6, 6.07) is 13.4. The highest BCUT2D eigenvalue weighted by Crippen LogP contribution is 2.31. The molecule has 2 aromatic carbocycles. The fraction of sp³-hybridized carbons (Fsp3) is 0.208. The fourth-order valence-electron chi connectivity index (χ4n) is 3.59. The lowest BCUT2D eigenvalue weighted by Crippen LogP contribution is -2.19. The van der Waals surface area contributed by atoms with Gasteiger partial charge in [0, 0.05) is 34.3 Å². The topological polar surface area (TPSA) is 90.9 Å². The van der Waals surface area contributed by atoms with Gasteiger partial charge >= 0.3 is 0 Å². The molecule has 0 radical (unpaired) electrons. The van der Waals surface area contributed by atoms with E-state index in [2.05, 4.69) is 15.3 Å². The molecule has 0 saturated carbocycles. The van der Waals surface area contributed by atoms with Gasteiger partial charge < -0.3 is 15.4 Å². The second-order valence-electron chi connectivity index (χ2n) is 7.70. The monoisotopic (exact) mass is 418 g/mol. The normalized spacial score (nSPS) is 12.2. The number of nitrogens with one attached hydrogen (secondary N) is 2. The smallest absolute Gasteiger partial charge is 0.249 e. The highest BCUT2D eigenvalue weighted by molar-refractivity contribution is 5.92. The average molecular weight is 418 g/mol. The van der Waals surface area contributed by atoms with Crippen molar-refractivity contribution < 1.29 is 9.50 Å². The number of aliphatic hydroxyl groups excluding tert-OH is 1. The second-order valence-corrected chi connectivity index (χ2v) is 7.70. The van der Waals surface area contributed by atoms with Crippen LogP contribution < -0.4 is 10.9 Å². The van der Waals surface area contributed by atoms with Gasteiger partial charge in [0.25, 0.3) is 0 Å². The Kier molecular flexibility index (Phi) is 5.52. The van der Waals surface area contributed by atoms with E-state index in [0.29, 0.717) is 22.6 Å². The maximum Gasteiger partial charge on any atom is 0.249 e. The Labute approximate surface area is 178 Å². The molecule has 4 rings (SSSR count). The third kappa shape index (κ3) is 4.18.